The zero-order valence-corrected chi connectivity index (χ0v) is 9.26. The van der Waals surface area contributed by atoms with Crippen LogP contribution in [-0.4, -0.2) is 19.4 Å². The van der Waals surface area contributed by atoms with E-state index in [4.69, 9.17) is 16.4 Å². The highest BCUT2D eigenvalue weighted by molar-refractivity contribution is 8.13. The number of halogens is 1. The molecule has 0 aliphatic rings. The minimum atomic E-state index is -3.94. The molecule has 5 nitrogen and oxygen atoms in total. The van der Waals surface area contributed by atoms with Crippen LogP contribution >= 0.6 is 10.7 Å². The highest BCUT2D eigenvalue weighted by Gasteiger charge is 2.17. The first-order valence-corrected chi connectivity index (χ1v) is 6.12. The Balaban J connectivity index is 3.57. The van der Waals surface area contributed by atoms with Gasteiger partial charge in [0.05, 0.1) is 10.5 Å². The molecule has 0 aliphatic heterocycles. The van der Waals surface area contributed by atoms with Gasteiger partial charge in [-0.3, -0.25) is 4.79 Å². The average Bonchev–Trinajstić information content (AvgIpc) is 2.06. The van der Waals surface area contributed by atoms with Gasteiger partial charge in [0.2, 0.25) is 0 Å². The van der Waals surface area contributed by atoms with E-state index in [9.17, 15) is 18.3 Å². The SMILES string of the molecule is Cc1cc(S(=O)(=O)Cl)cc(C(N)=O)c1O. The maximum Gasteiger partial charge on any atom is 0.261 e. The molecule has 15 heavy (non-hydrogen) atoms. The molecule has 7 heteroatoms. The van der Waals surface area contributed by atoms with E-state index < -0.39 is 15.0 Å². The standard InChI is InChI=1S/C8H8ClNO4S/c1-4-2-5(15(9,13)14)3-6(7(4)11)8(10)12/h2-3,11H,1H3,(H2,10,12). The second kappa shape index (κ2) is 3.71. The fourth-order valence-electron chi connectivity index (χ4n) is 1.08. The second-order valence-electron chi connectivity index (χ2n) is 2.94. The monoisotopic (exact) mass is 249 g/mol. The molecule has 0 saturated heterocycles. The van der Waals surface area contributed by atoms with E-state index in [-0.39, 0.29) is 21.8 Å². The lowest BCUT2D eigenvalue weighted by molar-refractivity contribution is 0.0997. The minimum absolute atomic E-state index is 0.213. The van der Waals surface area contributed by atoms with E-state index in [0.717, 1.165) is 12.1 Å². The molecule has 3 N–H and O–H groups in total. The van der Waals surface area contributed by atoms with Gasteiger partial charge in [0.15, 0.2) is 0 Å². The Morgan fingerprint density at radius 1 is 1.47 bits per heavy atom. The summed E-state index contributed by atoms with van der Waals surface area (Å²) in [6, 6.07) is 2.09. The molecule has 0 heterocycles. The van der Waals surface area contributed by atoms with Crippen LogP contribution in [0.25, 0.3) is 0 Å². The third kappa shape index (κ3) is 2.40. The molecule has 0 spiro atoms. The highest BCUT2D eigenvalue weighted by Crippen LogP contribution is 2.27. The first-order chi connectivity index (χ1) is 6.73. The third-order valence-electron chi connectivity index (χ3n) is 1.82. The van der Waals surface area contributed by atoms with Crippen LogP contribution in [0, 0.1) is 6.92 Å². The van der Waals surface area contributed by atoms with E-state index in [1.54, 1.807) is 0 Å². The smallest absolute Gasteiger partial charge is 0.261 e. The van der Waals surface area contributed by atoms with Crippen molar-refractivity contribution in [2.75, 3.05) is 0 Å². The zero-order valence-electron chi connectivity index (χ0n) is 7.69. The molecule has 1 amide bonds. The summed E-state index contributed by atoms with van der Waals surface area (Å²) in [4.78, 5) is 10.6. The number of carbonyl (C=O) groups is 1. The van der Waals surface area contributed by atoms with E-state index >= 15 is 0 Å². The van der Waals surface area contributed by atoms with Crippen molar-refractivity contribution in [1.29, 1.82) is 0 Å². The van der Waals surface area contributed by atoms with Gasteiger partial charge in [-0.2, -0.15) is 0 Å². The second-order valence-corrected chi connectivity index (χ2v) is 5.50. The lowest BCUT2D eigenvalue weighted by Gasteiger charge is -2.06. The summed E-state index contributed by atoms with van der Waals surface area (Å²) < 4.78 is 22.0. The van der Waals surface area contributed by atoms with Gasteiger partial charge in [0.25, 0.3) is 15.0 Å². The van der Waals surface area contributed by atoms with Gasteiger partial charge in [-0.05, 0) is 24.6 Å². The molecule has 0 radical (unpaired) electrons. The number of hydrogen-bond acceptors (Lipinski definition) is 4. The van der Waals surface area contributed by atoms with E-state index in [1.165, 1.54) is 6.92 Å². The molecule has 0 unspecified atom stereocenters. The average molecular weight is 250 g/mol. The Morgan fingerprint density at radius 2 is 2.00 bits per heavy atom. The quantitative estimate of drug-likeness (QED) is 0.755. The van der Waals surface area contributed by atoms with Gasteiger partial charge in [0, 0.05) is 10.7 Å². The van der Waals surface area contributed by atoms with Crippen molar-refractivity contribution in [3.05, 3.63) is 23.3 Å². The van der Waals surface area contributed by atoms with Gasteiger partial charge in [0.1, 0.15) is 5.75 Å². The fraction of sp³-hybridized carbons (Fsp3) is 0.125. The molecular weight excluding hydrogens is 242 g/mol. The van der Waals surface area contributed by atoms with Crippen molar-refractivity contribution in [3.63, 3.8) is 0 Å². The van der Waals surface area contributed by atoms with Crippen LogP contribution < -0.4 is 5.73 Å². The van der Waals surface area contributed by atoms with Crippen LogP contribution in [0.1, 0.15) is 15.9 Å². The Kier molecular flexibility index (Phi) is 2.92. The molecule has 0 saturated carbocycles. The van der Waals surface area contributed by atoms with Gasteiger partial charge < -0.3 is 10.8 Å². The summed E-state index contributed by atoms with van der Waals surface area (Å²) in [6.45, 7) is 1.44. The number of aromatic hydroxyl groups is 1. The Hall–Kier alpha value is -1.27. The number of hydrogen-bond donors (Lipinski definition) is 2. The molecule has 0 aliphatic carbocycles. The number of nitrogens with two attached hydrogens (primary N) is 1. The van der Waals surface area contributed by atoms with E-state index in [1.807, 2.05) is 0 Å². The molecule has 0 atom stereocenters. The Morgan fingerprint density at radius 3 is 2.40 bits per heavy atom. The normalized spacial score (nSPS) is 11.3. The summed E-state index contributed by atoms with van der Waals surface area (Å²) in [5, 5.41) is 9.42. The Labute approximate surface area is 90.9 Å². The predicted octanol–water partition coefficient (Wildman–Crippen LogP) is 0.727. The number of rotatable bonds is 2. The molecule has 1 aromatic rings. The maximum absolute atomic E-state index is 11.0. The zero-order chi connectivity index (χ0) is 11.8. The highest BCUT2D eigenvalue weighted by atomic mass is 35.7. The van der Waals surface area contributed by atoms with Crippen molar-refractivity contribution in [2.45, 2.75) is 11.8 Å². The van der Waals surface area contributed by atoms with Crippen molar-refractivity contribution in [2.24, 2.45) is 5.73 Å². The van der Waals surface area contributed by atoms with Crippen LogP contribution in [0.15, 0.2) is 17.0 Å². The number of amides is 1. The maximum atomic E-state index is 11.0. The van der Waals surface area contributed by atoms with Crippen LogP contribution in [0.4, 0.5) is 0 Å². The minimum Gasteiger partial charge on any atom is -0.507 e. The lowest BCUT2D eigenvalue weighted by atomic mass is 10.1. The lowest BCUT2D eigenvalue weighted by Crippen LogP contribution is -2.12. The Bertz CT molecular complexity index is 524. The van der Waals surface area contributed by atoms with Crippen molar-refractivity contribution >= 4 is 25.6 Å². The number of primary amides is 1. The summed E-state index contributed by atoms with van der Waals surface area (Å²) in [5.74, 6) is -1.26. The molecule has 1 aromatic carbocycles. The number of benzene rings is 1. The van der Waals surface area contributed by atoms with Crippen molar-refractivity contribution in [1.82, 2.24) is 0 Å². The molecular formula is C8H8ClNO4S. The summed E-state index contributed by atoms with van der Waals surface area (Å²) >= 11 is 0. The van der Waals surface area contributed by atoms with Crippen LogP contribution in [0.5, 0.6) is 5.75 Å². The summed E-state index contributed by atoms with van der Waals surface area (Å²) in [5.41, 5.74) is 4.90. The predicted molar refractivity (Wildman–Crippen MR) is 54.4 cm³/mol. The van der Waals surface area contributed by atoms with Gasteiger partial charge in [-0.15, -0.1) is 0 Å². The first-order valence-electron chi connectivity index (χ1n) is 3.81. The van der Waals surface area contributed by atoms with Crippen LogP contribution in [-0.2, 0) is 9.05 Å². The third-order valence-corrected chi connectivity index (χ3v) is 3.15. The fourth-order valence-corrected chi connectivity index (χ4v) is 1.92. The number of aryl methyl sites for hydroxylation is 1. The van der Waals surface area contributed by atoms with Crippen LogP contribution in [0.3, 0.4) is 0 Å². The largest absolute Gasteiger partial charge is 0.507 e. The molecule has 1 rings (SSSR count). The molecule has 82 valence electrons. The number of phenols is 1. The van der Waals surface area contributed by atoms with Gasteiger partial charge in [-0.25, -0.2) is 8.42 Å². The van der Waals surface area contributed by atoms with Crippen molar-refractivity contribution < 1.29 is 18.3 Å². The van der Waals surface area contributed by atoms with Crippen LogP contribution in [0.2, 0.25) is 0 Å². The van der Waals surface area contributed by atoms with Crippen molar-refractivity contribution in [3.8, 4) is 5.75 Å². The first kappa shape index (κ1) is 11.8. The summed E-state index contributed by atoms with van der Waals surface area (Å²) in [7, 11) is 1.15. The molecule has 0 bridgehead atoms. The van der Waals surface area contributed by atoms with Gasteiger partial charge >= 0.3 is 0 Å². The topological polar surface area (TPSA) is 97.5 Å². The number of carbonyl (C=O) groups excluding carboxylic acids is 1. The molecule has 0 aromatic heterocycles. The van der Waals surface area contributed by atoms with E-state index in [2.05, 4.69) is 0 Å². The van der Waals surface area contributed by atoms with E-state index in [0.29, 0.717) is 0 Å². The summed E-state index contributed by atoms with van der Waals surface area (Å²) in [6.07, 6.45) is 0. The molecule has 0 fully saturated rings. The van der Waals surface area contributed by atoms with Gasteiger partial charge in [-0.1, -0.05) is 0 Å².